The number of hydrogen-bond acceptors (Lipinski definition) is 2. The van der Waals surface area contributed by atoms with Gasteiger partial charge in [-0.2, -0.15) is 0 Å². The Bertz CT molecular complexity index is 520. The van der Waals surface area contributed by atoms with Crippen molar-refractivity contribution in [3.8, 4) is 17.0 Å². The minimum absolute atomic E-state index is 0. The molecule has 0 saturated carbocycles. The summed E-state index contributed by atoms with van der Waals surface area (Å²) in [5.41, 5.74) is 2.12. The van der Waals surface area contributed by atoms with Crippen molar-refractivity contribution in [2.24, 2.45) is 0 Å². The van der Waals surface area contributed by atoms with Gasteiger partial charge < -0.3 is 9.30 Å². The molecule has 0 aliphatic heterocycles. The second-order valence-electron chi connectivity index (χ2n) is 4.47. The summed E-state index contributed by atoms with van der Waals surface area (Å²) in [4.78, 5) is 4.44. The van der Waals surface area contributed by atoms with E-state index in [1.807, 2.05) is 30.6 Å². The van der Waals surface area contributed by atoms with Gasteiger partial charge in [0.15, 0.2) is 0 Å². The number of benzene rings is 1. The third-order valence-electron chi connectivity index (χ3n) is 2.92. The molecular formula is C16H21ClN2O. The van der Waals surface area contributed by atoms with E-state index in [4.69, 9.17) is 4.74 Å². The number of unbranched alkanes of at least 4 members (excludes halogenated alkanes) is 1. The summed E-state index contributed by atoms with van der Waals surface area (Å²) in [5, 5.41) is 0. The number of nitrogens with zero attached hydrogens (tertiary/aromatic N) is 2. The maximum Gasteiger partial charge on any atom is 0.119 e. The van der Waals surface area contributed by atoms with Crippen LogP contribution in [-0.4, -0.2) is 16.2 Å². The molecule has 0 unspecified atom stereocenters. The standard InChI is InChI=1S/C16H20N2O.ClH/c1-3-5-10-18-12-16(17-13-18)14-6-8-15(9-7-14)19-11-4-2;/h4,6-9,12-13H,2-3,5,10-11H2,1H3;1H. The highest BCUT2D eigenvalue weighted by atomic mass is 35.5. The topological polar surface area (TPSA) is 27.1 Å². The monoisotopic (exact) mass is 292 g/mol. The lowest BCUT2D eigenvalue weighted by atomic mass is 10.1. The fourth-order valence-corrected chi connectivity index (χ4v) is 1.85. The highest BCUT2D eigenvalue weighted by molar-refractivity contribution is 5.85. The van der Waals surface area contributed by atoms with Crippen LogP contribution in [0, 0.1) is 0 Å². The summed E-state index contributed by atoms with van der Waals surface area (Å²) in [5.74, 6) is 0.856. The van der Waals surface area contributed by atoms with Crippen molar-refractivity contribution < 1.29 is 4.74 Å². The van der Waals surface area contributed by atoms with E-state index < -0.39 is 0 Å². The highest BCUT2D eigenvalue weighted by Crippen LogP contribution is 2.21. The third kappa shape index (κ3) is 4.42. The van der Waals surface area contributed by atoms with Crippen LogP contribution in [0.15, 0.2) is 49.4 Å². The Kier molecular flexibility index (Phi) is 6.88. The van der Waals surface area contributed by atoms with Gasteiger partial charge in [0.2, 0.25) is 0 Å². The maximum atomic E-state index is 5.46. The molecule has 20 heavy (non-hydrogen) atoms. The van der Waals surface area contributed by atoms with Crippen molar-refractivity contribution >= 4 is 12.4 Å². The van der Waals surface area contributed by atoms with Gasteiger partial charge in [-0.05, 0) is 30.7 Å². The molecule has 0 atom stereocenters. The molecule has 0 radical (unpaired) electrons. The van der Waals surface area contributed by atoms with Crippen LogP contribution in [0.1, 0.15) is 19.8 Å². The normalized spacial score (nSPS) is 9.85. The smallest absolute Gasteiger partial charge is 0.119 e. The number of hydrogen-bond donors (Lipinski definition) is 0. The number of halogens is 1. The fourth-order valence-electron chi connectivity index (χ4n) is 1.85. The molecule has 2 aromatic rings. The molecule has 0 amide bonds. The molecule has 1 aromatic heterocycles. The van der Waals surface area contributed by atoms with Crippen LogP contribution in [0.5, 0.6) is 5.75 Å². The van der Waals surface area contributed by atoms with Gasteiger partial charge in [0, 0.05) is 18.3 Å². The summed E-state index contributed by atoms with van der Waals surface area (Å²) in [7, 11) is 0. The fraction of sp³-hybridized carbons (Fsp3) is 0.312. The van der Waals surface area contributed by atoms with Crippen LogP contribution in [0.25, 0.3) is 11.3 Å². The Morgan fingerprint density at radius 3 is 2.70 bits per heavy atom. The van der Waals surface area contributed by atoms with Crippen LogP contribution in [0.4, 0.5) is 0 Å². The zero-order valence-corrected chi connectivity index (χ0v) is 12.6. The molecule has 0 saturated heterocycles. The van der Waals surface area contributed by atoms with E-state index in [0.29, 0.717) is 6.61 Å². The van der Waals surface area contributed by atoms with Gasteiger partial charge in [-0.3, -0.25) is 0 Å². The predicted molar refractivity (Wildman–Crippen MR) is 85.5 cm³/mol. The Labute approximate surface area is 126 Å². The van der Waals surface area contributed by atoms with Crippen molar-refractivity contribution in [3.05, 3.63) is 49.4 Å². The Morgan fingerprint density at radius 2 is 2.05 bits per heavy atom. The molecule has 0 aliphatic rings. The highest BCUT2D eigenvalue weighted by Gasteiger charge is 2.02. The van der Waals surface area contributed by atoms with Crippen molar-refractivity contribution in [2.75, 3.05) is 6.61 Å². The third-order valence-corrected chi connectivity index (χ3v) is 2.92. The van der Waals surface area contributed by atoms with Gasteiger partial charge in [0.1, 0.15) is 12.4 Å². The molecular weight excluding hydrogens is 272 g/mol. The van der Waals surface area contributed by atoms with E-state index in [-0.39, 0.29) is 12.4 Å². The van der Waals surface area contributed by atoms with Gasteiger partial charge in [-0.1, -0.05) is 26.0 Å². The van der Waals surface area contributed by atoms with Crippen molar-refractivity contribution in [1.29, 1.82) is 0 Å². The van der Waals surface area contributed by atoms with Crippen molar-refractivity contribution in [1.82, 2.24) is 9.55 Å². The first-order valence-electron chi connectivity index (χ1n) is 6.69. The second-order valence-corrected chi connectivity index (χ2v) is 4.47. The largest absolute Gasteiger partial charge is 0.490 e. The average molecular weight is 293 g/mol. The maximum absolute atomic E-state index is 5.46. The number of imidazole rings is 1. The summed E-state index contributed by atoms with van der Waals surface area (Å²) in [6.45, 7) is 7.39. The van der Waals surface area contributed by atoms with E-state index in [1.165, 1.54) is 12.8 Å². The number of aromatic nitrogens is 2. The lowest BCUT2D eigenvalue weighted by molar-refractivity contribution is 0.363. The Morgan fingerprint density at radius 1 is 1.30 bits per heavy atom. The zero-order chi connectivity index (χ0) is 13.5. The Hall–Kier alpha value is -1.74. The molecule has 0 spiro atoms. The van der Waals surface area contributed by atoms with Crippen LogP contribution >= 0.6 is 12.4 Å². The van der Waals surface area contributed by atoms with Crippen LogP contribution < -0.4 is 4.74 Å². The number of aryl methyl sites for hydroxylation is 1. The van der Waals surface area contributed by atoms with Crippen molar-refractivity contribution in [3.63, 3.8) is 0 Å². The summed E-state index contributed by atoms with van der Waals surface area (Å²) in [6.07, 6.45) is 8.11. The summed E-state index contributed by atoms with van der Waals surface area (Å²) >= 11 is 0. The first-order valence-corrected chi connectivity index (χ1v) is 6.69. The van der Waals surface area contributed by atoms with E-state index in [2.05, 4.69) is 29.3 Å². The van der Waals surface area contributed by atoms with E-state index in [1.54, 1.807) is 6.08 Å². The van der Waals surface area contributed by atoms with Crippen LogP contribution in [0.3, 0.4) is 0 Å². The van der Waals surface area contributed by atoms with Crippen LogP contribution in [0.2, 0.25) is 0 Å². The van der Waals surface area contributed by atoms with Crippen LogP contribution in [-0.2, 0) is 6.54 Å². The molecule has 0 fully saturated rings. The lowest BCUT2D eigenvalue weighted by Crippen LogP contribution is -1.93. The molecule has 0 bridgehead atoms. The second kappa shape index (κ2) is 8.43. The van der Waals surface area contributed by atoms with E-state index >= 15 is 0 Å². The van der Waals surface area contributed by atoms with Gasteiger partial charge >= 0.3 is 0 Å². The molecule has 1 heterocycles. The lowest BCUT2D eigenvalue weighted by Gasteiger charge is -2.03. The van der Waals surface area contributed by atoms with Gasteiger partial charge in [0.25, 0.3) is 0 Å². The molecule has 2 rings (SSSR count). The number of ether oxygens (including phenoxy) is 1. The first-order chi connectivity index (χ1) is 9.33. The Balaban J connectivity index is 0.00000200. The molecule has 0 aliphatic carbocycles. The zero-order valence-electron chi connectivity index (χ0n) is 11.8. The van der Waals surface area contributed by atoms with Crippen molar-refractivity contribution in [2.45, 2.75) is 26.3 Å². The van der Waals surface area contributed by atoms with Gasteiger partial charge in [-0.15, -0.1) is 12.4 Å². The predicted octanol–water partition coefficient (Wildman–Crippen LogP) is 4.34. The SMILES string of the molecule is C=CCOc1ccc(-c2cn(CCCC)cn2)cc1.Cl. The minimum atomic E-state index is 0. The van der Waals surface area contributed by atoms with Gasteiger partial charge in [0.05, 0.1) is 12.0 Å². The summed E-state index contributed by atoms with van der Waals surface area (Å²) in [6, 6.07) is 7.99. The quantitative estimate of drug-likeness (QED) is 0.710. The molecule has 4 heteroatoms. The minimum Gasteiger partial charge on any atom is -0.490 e. The first kappa shape index (κ1) is 16.3. The molecule has 3 nitrogen and oxygen atoms in total. The molecule has 1 aromatic carbocycles. The van der Waals surface area contributed by atoms with E-state index in [0.717, 1.165) is 23.6 Å². The van der Waals surface area contributed by atoms with Gasteiger partial charge in [-0.25, -0.2) is 4.98 Å². The molecule has 0 N–H and O–H groups in total. The number of rotatable bonds is 7. The molecule has 108 valence electrons. The van der Waals surface area contributed by atoms with E-state index in [9.17, 15) is 0 Å². The summed E-state index contributed by atoms with van der Waals surface area (Å²) < 4.78 is 7.60. The average Bonchev–Trinajstić information content (AvgIpc) is 2.92.